The summed E-state index contributed by atoms with van der Waals surface area (Å²) < 4.78 is 13.3. The van der Waals surface area contributed by atoms with Crippen molar-refractivity contribution in [1.29, 1.82) is 0 Å². The van der Waals surface area contributed by atoms with Crippen molar-refractivity contribution in [2.45, 2.75) is 25.4 Å². The summed E-state index contributed by atoms with van der Waals surface area (Å²) in [5.41, 5.74) is 0.707. The van der Waals surface area contributed by atoms with Gasteiger partial charge in [-0.05, 0) is 57.2 Å². The summed E-state index contributed by atoms with van der Waals surface area (Å²) in [5, 5.41) is 9.15. The van der Waals surface area contributed by atoms with Gasteiger partial charge in [0.2, 0.25) is 0 Å². The molecule has 1 aliphatic rings. The summed E-state index contributed by atoms with van der Waals surface area (Å²) in [5.74, 6) is -1.40. The molecule has 110 valence electrons. The average Bonchev–Trinajstić information content (AvgIpc) is 2.74. The van der Waals surface area contributed by atoms with Gasteiger partial charge in [0.25, 0.3) is 0 Å². The number of nitrogens with zero attached hydrogens (tertiary/aromatic N) is 2. The van der Waals surface area contributed by atoms with E-state index in [4.69, 9.17) is 5.11 Å². The highest BCUT2D eigenvalue weighted by molar-refractivity contribution is 5.89. The van der Waals surface area contributed by atoms with E-state index >= 15 is 0 Å². The molecule has 1 N–H and O–H groups in total. The molecule has 20 heavy (non-hydrogen) atoms. The van der Waals surface area contributed by atoms with E-state index in [1.165, 1.54) is 24.6 Å². The molecule has 1 unspecified atom stereocenters. The van der Waals surface area contributed by atoms with Gasteiger partial charge in [-0.1, -0.05) is 0 Å². The third-order valence-corrected chi connectivity index (χ3v) is 3.93. The molecule has 1 heterocycles. The minimum atomic E-state index is -1.01. The predicted octanol–water partition coefficient (Wildman–Crippen LogP) is 2.05. The number of hydrogen-bond donors (Lipinski definition) is 1. The topological polar surface area (TPSA) is 43.8 Å². The summed E-state index contributed by atoms with van der Waals surface area (Å²) in [6.45, 7) is 2.43. The van der Waals surface area contributed by atoms with Crippen LogP contribution in [0.4, 0.5) is 4.39 Å². The van der Waals surface area contributed by atoms with E-state index < -0.39 is 11.8 Å². The number of carboxylic acids is 1. The van der Waals surface area contributed by atoms with Gasteiger partial charge in [-0.15, -0.1) is 0 Å². The summed E-state index contributed by atoms with van der Waals surface area (Å²) in [4.78, 5) is 15.5. The third-order valence-electron chi connectivity index (χ3n) is 3.93. The van der Waals surface area contributed by atoms with Crippen LogP contribution in [0.15, 0.2) is 18.2 Å². The number of hydrogen-bond acceptors (Lipinski definition) is 3. The van der Waals surface area contributed by atoms with E-state index in [1.807, 2.05) is 7.05 Å². The van der Waals surface area contributed by atoms with Crippen LogP contribution in [0, 0.1) is 5.82 Å². The van der Waals surface area contributed by atoms with Crippen LogP contribution in [0.25, 0.3) is 0 Å². The van der Waals surface area contributed by atoms with E-state index in [9.17, 15) is 9.18 Å². The molecular weight excluding hydrogens is 259 g/mol. The van der Waals surface area contributed by atoms with Gasteiger partial charge in [-0.2, -0.15) is 0 Å². The highest BCUT2D eigenvalue weighted by Gasteiger charge is 2.22. The van der Waals surface area contributed by atoms with Gasteiger partial charge in [0.1, 0.15) is 5.82 Å². The number of carboxylic acid groups (broad SMARTS) is 1. The van der Waals surface area contributed by atoms with Gasteiger partial charge in [0.05, 0.1) is 5.56 Å². The Kier molecular flexibility index (Phi) is 4.73. The molecule has 1 aliphatic heterocycles. The van der Waals surface area contributed by atoms with E-state index in [1.54, 1.807) is 0 Å². The Balaban J connectivity index is 2.05. The fraction of sp³-hybridized carbons (Fsp3) is 0.533. The van der Waals surface area contributed by atoms with Crippen LogP contribution in [-0.4, -0.2) is 54.1 Å². The van der Waals surface area contributed by atoms with Crippen LogP contribution in [0.1, 0.15) is 28.8 Å². The van der Waals surface area contributed by atoms with Gasteiger partial charge in [-0.25, -0.2) is 9.18 Å². The Hall–Kier alpha value is -1.46. The molecule has 5 heteroatoms. The molecule has 2 rings (SSSR count). The standard InChI is InChI=1S/C15H21FN2O2/c1-17(10-13-4-3-7-18(13)2)9-11-8-12(16)5-6-14(11)15(19)20/h5-6,8,13H,3-4,7,9-10H2,1-2H3,(H,19,20). The van der Waals surface area contributed by atoms with E-state index in [-0.39, 0.29) is 5.56 Å². The zero-order valence-corrected chi connectivity index (χ0v) is 12.0. The molecule has 0 aliphatic carbocycles. The number of benzene rings is 1. The largest absolute Gasteiger partial charge is 0.478 e. The quantitative estimate of drug-likeness (QED) is 0.896. The van der Waals surface area contributed by atoms with Crippen LogP contribution < -0.4 is 0 Å². The molecule has 0 saturated carbocycles. The molecule has 1 aromatic rings. The first-order valence-corrected chi connectivity index (χ1v) is 6.88. The number of aromatic carboxylic acids is 1. The summed E-state index contributed by atoms with van der Waals surface area (Å²) in [6.07, 6.45) is 2.37. The molecule has 1 fully saturated rings. The molecule has 0 bridgehead atoms. The van der Waals surface area contributed by atoms with Crippen molar-refractivity contribution in [2.24, 2.45) is 0 Å². The minimum Gasteiger partial charge on any atom is -0.478 e. The van der Waals surface area contributed by atoms with E-state index in [0.29, 0.717) is 18.2 Å². The van der Waals surface area contributed by atoms with Gasteiger partial charge >= 0.3 is 5.97 Å². The molecule has 0 amide bonds. The summed E-state index contributed by atoms with van der Waals surface area (Å²) in [6, 6.07) is 4.35. The van der Waals surface area contributed by atoms with Crippen molar-refractivity contribution in [2.75, 3.05) is 27.2 Å². The zero-order chi connectivity index (χ0) is 14.7. The second-order valence-corrected chi connectivity index (χ2v) is 5.58. The van der Waals surface area contributed by atoms with Gasteiger partial charge in [-0.3, -0.25) is 0 Å². The normalized spacial score (nSPS) is 19.7. The van der Waals surface area contributed by atoms with Crippen molar-refractivity contribution in [3.05, 3.63) is 35.1 Å². The Morgan fingerprint density at radius 3 is 2.90 bits per heavy atom. The van der Waals surface area contributed by atoms with Crippen molar-refractivity contribution in [3.8, 4) is 0 Å². The zero-order valence-electron chi connectivity index (χ0n) is 12.0. The summed E-state index contributed by atoms with van der Waals surface area (Å²) in [7, 11) is 4.05. The maximum absolute atomic E-state index is 13.3. The van der Waals surface area contributed by atoms with Crippen LogP contribution in [-0.2, 0) is 6.54 Å². The first kappa shape index (κ1) is 14.9. The van der Waals surface area contributed by atoms with E-state index in [2.05, 4.69) is 16.8 Å². The van der Waals surface area contributed by atoms with Crippen molar-refractivity contribution < 1.29 is 14.3 Å². The third kappa shape index (κ3) is 3.55. The van der Waals surface area contributed by atoms with Gasteiger partial charge in [0.15, 0.2) is 0 Å². The fourth-order valence-electron chi connectivity index (χ4n) is 2.83. The number of carbonyl (C=O) groups is 1. The lowest BCUT2D eigenvalue weighted by Crippen LogP contribution is -2.36. The molecule has 1 aromatic carbocycles. The Morgan fingerprint density at radius 1 is 1.55 bits per heavy atom. The van der Waals surface area contributed by atoms with Crippen molar-refractivity contribution in [1.82, 2.24) is 9.80 Å². The van der Waals surface area contributed by atoms with Gasteiger partial charge < -0.3 is 14.9 Å². The highest BCUT2D eigenvalue weighted by Crippen LogP contribution is 2.18. The van der Waals surface area contributed by atoms with E-state index in [0.717, 1.165) is 19.5 Å². The van der Waals surface area contributed by atoms with Crippen molar-refractivity contribution >= 4 is 5.97 Å². The number of likely N-dealkylation sites (N-methyl/N-ethyl adjacent to an activating group) is 2. The molecule has 1 saturated heterocycles. The maximum Gasteiger partial charge on any atom is 0.336 e. The molecule has 0 aromatic heterocycles. The smallest absolute Gasteiger partial charge is 0.336 e. The SMILES string of the molecule is CN(Cc1cc(F)ccc1C(=O)O)CC1CCCN1C. The van der Waals surface area contributed by atoms with Crippen LogP contribution in [0.2, 0.25) is 0 Å². The second kappa shape index (κ2) is 6.33. The monoisotopic (exact) mass is 280 g/mol. The van der Waals surface area contributed by atoms with Gasteiger partial charge in [0, 0.05) is 19.1 Å². The predicted molar refractivity (Wildman–Crippen MR) is 75.3 cm³/mol. The molecule has 1 atom stereocenters. The lowest BCUT2D eigenvalue weighted by Gasteiger charge is -2.26. The summed E-state index contributed by atoms with van der Waals surface area (Å²) >= 11 is 0. The first-order chi connectivity index (χ1) is 9.47. The highest BCUT2D eigenvalue weighted by atomic mass is 19.1. The number of halogens is 1. The Morgan fingerprint density at radius 2 is 2.30 bits per heavy atom. The Labute approximate surface area is 118 Å². The second-order valence-electron chi connectivity index (χ2n) is 5.58. The van der Waals surface area contributed by atoms with Crippen molar-refractivity contribution in [3.63, 3.8) is 0 Å². The number of rotatable bonds is 5. The average molecular weight is 280 g/mol. The van der Waals surface area contributed by atoms with Crippen LogP contribution in [0.3, 0.4) is 0 Å². The minimum absolute atomic E-state index is 0.179. The molecule has 0 spiro atoms. The fourth-order valence-corrected chi connectivity index (χ4v) is 2.83. The molecular formula is C15H21FN2O2. The molecule has 0 radical (unpaired) electrons. The van der Waals surface area contributed by atoms with Crippen LogP contribution >= 0.6 is 0 Å². The lowest BCUT2D eigenvalue weighted by molar-refractivity contribution is 0.0694. The number of likely N-dealkylation sites (tertiary alicyclic amines) is 1. The Bertz CT molecular complexity index is 493. The first-order valence-electron chi connectivity index (χ1n) is 6.88. The van der Waals surface area contributed by atoms with Crippen LogP contribution in [0.5, 0.6) is 0 Å². The maximum atomic E-state index is 13.3. The molecule has 4 nitrogen and oxygen atoms in total. The lowest BCUT2D eigenvalue weighted by atomic mass is 10.1.